The second kappa shape index (κ2) is 9.11. The van der Waals surface area contributed by atoms with Crippen molar-refractivity contribution in [1.82, 2.24) is 4.90 Å². The van der Waals surface area contributed by atoms with Crippen LogP contribution in [0.1, 0.15) is 45.6 Å². The number of unbranched alkanes of at least 4 members (excludes halogenated alkanes) is 2. The van der Waals surface area contributed by atoms with Gasteiger partial charge in [-0.1, -0.05) is 50.1 Å². The van der Waals surface area contributed by atoms with Crippen molar-refractivity contribution in [1.29, 1.82) is 0 Å². The Hall–Kier alpha value is -0.860. The first-order chi connectivity index (χ1) is 9.19. The van der Waals surface area contributed by atoms with Crippen LogP contribution in [0.5, 0.6) is 0 Å². The Morgan fingerprint density at radius 2 is 1.79 bits per heavy atom. The summed E-state index contributed by atoms with van der Waals surface area (Å²) in [5.41, 5.74) is 7.41. The highest BCUT2D eigenvalue weighted by Gasteiger charge is 2.19. The minimum Gasteiger partial charge on any atom is -0.329 e. The molecule has 1 aromatic carbocycles. The van der Waals surface area contributed by atoms with Gasteiger partial charge in [-0.25, -0.2) is 0 Å². The van der Waals surface area contributed by atoms with Gasteiger partial charge in [-0.3, -0.25) is 4.90 Å². The summed E-state index contributed by atoms with van der Waals surface area (Å²) >= 11 is 0. The van der Waals surface area contributed by atoms with Crippen molar-refractivity contribution in [3.8, 4) is 0 Å². The van der Waals surface area contributed by atoms with Crippen LogP contribution in [0.3, 0.4) is 0 Å². The number of hydrogen-bond donors (Lipinski definition) is 1. The smallest absolute Gasteiger partial charge is 0.0261 e. The molecular weight excluding hydrogens is 232 g/mol. The van der Waals surface area contributed by atoms with E-state index in [-0.39, 0.29) is 0 Å². The molecule has 1 aromatic rings. The van der Waals surface area contributed by atoms with Crippen molar-refractivity contribution in [3.63, 3.8) is 0 Å². The third-order valence-electron chi connectivity index (χ3n) is 3.74. The van der Waals surface area contributed by atoms with Gasteiger partial charge in [0.15, 0.2) is 0 Å². The zero-order valence-corrected chi connectivity index (χ0v) is 12.8. The van der Waals surface area contributed by atoms with E-state index in [1.807, 2.05) is 0 Å². The molecule has 0 bridgehead atoms. The highest BCUT2D eigenvalue weighted by molar-refractivity contribution is 5.16. The molecule has 1 atom stereocenters. The molecule has 1 rings (SSSR count). The van der Waals surface area contributed by atoms with Gasteiger partial charge < -0.3 is 5.73 Å². The molecular formula is C17H30N2. The molecule has 0 aliphatic heterocycles. The Bertz CT molecular complexity index is 321. The SMILES string of the molecule is CCCCCN(C(C)C)C(CN)Cc1ccccc1. The monoisotopic (exact) mass is 262 g/mol. The maximum atomic E-state index is 6.02. The Morgan fingerprint density at radius 1 is 1.11 bits per heavy atom. The van der Waals surface area contributed by atoms with Gasteiger partial charge in [0.1, 0.15) is 0 Å². The first kappa shape index (κ1) is 16.2. The first-order valence-electron chi connectivity index (χ1n) is 7.68. The summed E-state index contributed by atoms with van der Waals surface area (Å²) in [6.07, 6.45) is 4.92. The molecule has 2 nitrogen and oxygen atoms in total. The van der Waals surface area contributed by atoms with Gasteiger partial charge in [0.05, 0.1) is 0 Å². The lowest BCUT2D eigenvalue weighted by molar-refractivity contribution is 0.152. The van der Waals surface area contributed by atoms with Gasteiger partial charge in [-0.15, -0.1) is 0 Å². The maximum Gasteiger partial charge on any atom is 0.0261 e. The predicted octanol–water partition coefficient (Wildman–Crippen LogP) is 3.46. The summed E-state index contributed by atoms with van der Waals surface area (Å²) in [4.78, 5) is 2.57. The topological polar surface area (TPSA) is 29.3 Å². The van der Waals surface area contributed by atoms with Crippen LogP contribution in [-0.2, 0) is 6.42 Å². The van der Waals surface area contributed by atoms with Gasteiger partial charge in [0.2, 0.25) is 0 Å². The zero-order chi connectivity index (χ0) is 14.1. The van der Waals surface area contributed by atoms with E-state index in [1.54, 1.807) is 0 Å². The number of nitrogens with two attached hydrogens (primary N) is 1. The third kappa shape index (κ3) is 5.75. The molecule has 0 heterocycles. The molecule has 0 aromatic heterocycles. The van der Waals surface area contributed by atoms with E-state index in [0.717, 1.165) is 13.0 Å². The van der Waals surface area contributed by atoms with E-state index in [0.29, 0.717) is 12.1 Å². The van der Waals surface area contributed by atoms with Crippen molar-refractivity contribution in [2.75, 3.05) is 13.1 Å². The number of nitrogens with zero attached hydrogens (tertiary/aromatic N) is 1. The highest BCUT2D eigenvalue weighted by atomic mass is 15.2. The lowest BCUT2D eigenvalue weighted by Gasteiger charge is -2.34. The summed E-state index contributed by atoms with van der Waals surface area (Å²) in [6.45, 7) is 8.71. The van der Waals surface area contributed by atoms with Crippen LogP contribution in [0, 0.1) is 0 Å². The highest BCUT2D eigenvalue weighted by Crippen LogP contribution is 2.13. The second-order valence-corrected chi connectivity index (χ2v) is 5.62. The van der Waals surface area contributed by atoms with Crippen LogP contribution < -0.4 is 5.73 Å². The van der Waals surface area contributed by atoms with E-state index in [1.165, 1.54) is 31.4 Å². The predicted molar refractivity (Wildman–Crippen MR) is 84.4 cm³/mol. The summed E-state index contributed by atoms with van der Waals surface area (Å²) in [6, 6.07) is 11.7. The molecule has 0 saturated carbocycles. The molecule has 0 saturated heterocycles. The Balaban J connectivity index is 2.62. The van der Waals surface area contributed by atoms with Crippen molar-refractivity contribution in [3.05, 3.63) is 35.9 Å². The van der Waals surface area contributed by atoms with Gasteiger partial charge in [-0.2, -0.15) is 0 Å². The standard InChI is InChI=1S/C17H30N2/c1-4-5-9-12-19(15(2)3)17(14-18)13-16-10-7-6-8-11-16/h6-8,10-11,15,17H,4-5,9,12-14,18H2,1-3H3. The van der Waals surface area contributed by atoms with Crippen LogP contribution in [0.25, 0.3) is 0 Å². The van der Waals surface area contributed by atoms with Crippen LogP contribution >= 0.6 is 0 Å². The van der Waals surface area contributed by atoms with Gasteiger partial charge >= 0.3 is 0 Å². The molecule has 0 radical (unpaired) electrons. The lowest BCUT2D eigenvalue weighted by atomic mass is 10.0. The van der Waals surface area contributed by atoms with Gasteiger partial charge in [0.25, 0.3) is 0 Å². The fourth-order valence-corrected chi connectivity index (χ4v) is 2.63. The molecule has 2 heteroatoms. The van der Waals surface area contributed by atoms with Gasteiger partial charge in [0, 0.05) is 18.6 Å². The van der Waals surface area contributed by atoms with Crippen molar-refractivity contribution >= 4 is 0 Å². The molecule has 0 spiro atoms. The van der Waals surface area contributed by atoms with Crippen LogP contribution in [0.2, 0.25) is 0 Å². The zero-order valence-electron chi connectivity index (χ0n) is 12.8. The Labute approximate surface area is 119 Å². The maximum absolute atomic E-state index is 6.02. The molecule has 0 aliphatic carbocycles. The molecule has 2 N–H and O–H groups in total. The second-order valence-electron chi connectivity index (χ2n) is 5.62. The molecule has 0 amide bonds. The van der Waals surface area contributed by atoms with E-state index < -0.39 is 0 Å². The Kier molecular flexibility index (Phi) is 7.76. The van der Waals surface area contributed by atoms with E-state index in [2.05, 4.69) is 56.0 Å². The molecule has 0 aliphatic rings. The molecule has 1 unspecified atom stereocenters. The average molecular weight is 262 g/mol. The normalized spacial score (nSPS) is 13.2. The molecule has 0 fully saturated rings. The Morgan fingerprint density at radius 3 is 2.32 bits per heavy atom. The largest absolute Gasteiger partial charge is 0.329 e. The van der Waals surface area contributed by atoms with Crippen LogP contribution in [0.15, 0.2) is 30.3 Å². The van der Waals surface area contributed by atoms with Crippen molar-refractivity contribution < 1.29 is 0 Å². The summed E-state index contributed by atoms with van der Waals surface area (Å²) in [5.74, 6) is 0. The lowest BCUT2D eigenvalue weighted by Crippen LogP contribution is -2.46. The van der Waals surface area contributed by atoms with Crippen LogP contribution in [-0.4, -0.2) is 30.1 Å². The first-order valence-corrected chi connectivity index (χ1v) is 7.68. The van der Waals surface area contributed by atoms with Crippen LogP contribution in [0.4, 0.5) is 0 Å². The fraction of sp³-hybridized carbons (Fsp3) is 0.647. The molecule has 19 heavy (non-hydrogen) atoms. The number of benzene rings is 1. The van der Waals surface area contributed by atoms with Gasteiger partial charge in [-0.05, 0) is 38.8 Å². The number of rotatable bonds is 9. The van der Waals surface area contributed by atoms with E-state index in [4.69, 9.17) is 5.73 Å². The number of hydrogen-bond acceptors (Lipinski definition) is 2. The quantitative estimate of drug-likeness (QED) is 0.691. The third-order valence-corrected chi connectivity index (χ3v) is 3.74. The molecule has 108 valence electrons. The van der Waals surface area contributed by atoms with E-state index >= 15 is 0 Å². The van der Waals surface area contributed by atoms with E-state index in [9.17, 15) is 0 Å². The average Bonchev–Trinajstić information content (AvgIpc) is 2.42. The van der Waals surface area contributed by atoms with Crippen molar-refractivity contribution in [2.45, 2.75) is 58.5 Å². The van der Waals surface area contributed by atoms with Crippen molar-refractivity contribution in [2.24, 2.45) is 5.73 Å². The minimum absolute atomic E-state index is 0.458. The summed E-state index contributed by atoms with van der Waals surface area (Å²) < 4.78 is 0. The fourth-order valence-electron chi connectivity index (χ4n) is 2.63. The summed E-state index contributed by atoms with van der Waals surface area (Å²) in [7, 11) is 0. The minimum atomic E-state index is 0.458. The summed E-state index contributed by atoms with van der Waals surface area (Å²) in [5, 5.41) is 0.